The van der Waals surface area contributed by atoms with Crippen LogP contribution in [0.1, 0.15) is 10.4 Å². The van der Waals surface area contributed by atoms with Crippen LogP contribution in [0.2, 0.25) is 0 Å². The number of ether oxygens (including phenoxy) is 1. The topological polar surface area (TPSA) is 87.7 Å². The van der Waals surface area contributed by atoms with Crippen molar-refractivity contribution >= 4 is 29.3 Å². The van der Waals surface area contributed by atoms with Gasteiger partial charge in [-0.1, -0.05) is 0 Å². The van der Waals surface area contributed by atoms with Crippen LogP contribution in [0.3, 0.4) is 0 Å². The van der Waals surface area contributed by atoms with Gasteiger partial charge >= 0.3 is 6.09 Å². The Morgan fingerprint density at radius 1 is 1.07 bits per heavy atom. The summed E-state index contributed by atoms with van der Waals surface area (Å²) >= 11 is 0. The molecule has 2 rings (SSSR count). The predicted molar refractivity (Wildman–Crippen MR) is 94.6 cm³/mol. The van der Waals surface area contributed by atoms with Gasteiger partial charge in [0, 0.05) is 24.5 Å². The number of carbonyl (C=O) groups is 3. The van der Waals surface area contributed by atoms with Crippen molar-refractivity contribution in [2.24, 2.45) is 0 Å². The number of benzene rings is 2. The first kappa shape index (κ1) is 19.8. The van der Waals surface area contributed by atoms with Gasteiger partial charge in [-0.3, -0.25) is 14.5 Å². The second-order valence-corrected chi connectivity index (χ2v) is 5.43. The van der Waals surface area contributed by atoms with Crippen molar-refractivity contribution in [3.63, 3.8) is 0 Å². The third kappa shape index (κ3) is 5.24. The van der Waals surface area contributed by atoms with Crippen LogP contribution in [0.5, 0.6) is 0 Å². The lowest BCUT2D eigenvalue weighted by molar-refractivity contribution is -0.115. The highest BCUT2D eigenvalue weighted by molar-refractivity contribution is 5.99. The van der Waals surface area contributed by atoms with E-state index in [0.717, 1.165) is 12.1 Å². The fourth-order valence-corrected chi connectivity index (χ4v) is 2.15. The summed E-state index contributed by atoms with van der Waals surface area (Å²) in [4.78, 5) is 36.4. The van der Waals surface area contributed by atoms with Crippen molar-refractivity contribution < 1.29 is 27.9 Å². The number of nitrogens with one attached hydrogen (secondary N) is 2. The Kier molecular flexibility index (Phi) is 6.42. The lowest BCUT2D eigenvalue weighted by atomic mass is 10.2. The van der Waals surface area contributed by atoms with Crippen molar-refractivity contribution in [3.05, 3.63) is 59.7 Å². The third-order valence-electron chi connectivity index (χ3n) is 3.57. The van der Waals surface area contributed by atoms with Crippen LogP contribution in [0, 0.1) is 11.6 Å². The molecule has 0 aromatic heterocycles. The molecule has 7 nitrogen and oxygen atoms in total. The number of methoxy groups -OCH3 is 1. The van der Waals surface area contributed by atoms with Gasteiger partial charge in [0.15, 0.2) is 0 Å². The molecule has 0 heterocycles. The minimum absolute atomic E-state index is 0.362. The van der Waals surface area contributed by atoms with Crippen LogP contribution in [0.15, 0.2) is 42.5 Å². The summed E-state index contributed by atoms with van der Waals surface area (Å²) in [6, 6.07) is 8.85. The minimum atomic E-state index is -1.02. The number of carbonyl (C=O) groups excluding carboxylic acids is 3. The van der Waals surface area contributed by atoms with E-state index in [1.54, 1.807) is 24.3 Å². The maximum Gasteiger partial charge on any atom is 0.413 e. The predicted octanol–water partition coefficient (Wildman–Crippen LogP) is 2.54. The van der Waals surface area contributed by atoms with E-state index in [0.29, 0.717) is 17.4 Å². The molecule has 142 valence electrons. The summed E-state index contributed by atoms with van der Waals surface area (Å²) in [5.74, 6) is -3.20. The molecule has 0 unspecified atom stereocenters. The Morgan fingerprint density at radius 2 is 1.74 bits per heavy atom. The molecule has 0 saturated heterocycles. The SMILES string of the molecule is COC(=O)N(C)c1ccc(NC(=O)CNC(=O)c2ccc(F)cc2F)cc1. The van der Waals surface area contributed by atoms with Crippen LogP contribution >= 0.6 is 0 Å². The summed E-state index contributed by atoms with van der Waals surface area (Å²) < 4.78 is 31.0. The van der Waals surface area contributed by atoms with E-state index in [4.69, 9.17) is 0 Å². The smallest absolute Gasteiger partial charge is 0.413 e. The number of amides is 3. The molecule has 0 fully saturated rings. The Morgan fingerprint density at radius 3 is 2.33 bits per heavy atom. The summed E-state index contributed by atoms with van der Waals surface area (Å²) in [7, 11) is 2.79. The molecule has 3 amide bonds. The first-order valence-corrected chi connectivity index (χ1v) is 7.76. The summed E-state index contributed by atoms with van der Waals surface area (Å²) in [6.07, 6.45) is -0.539. The lowest BCUT2D eigenvalue weighted by Gasteiger charge is -2.16. The summed E-state index contributed by atoms with van der Waals surface area (Å²) in [5.41, 5.74) is 0.628. The van der Waals surface area contributed by atoms with Gasteiger partial charge in [-0.2, -0.15) is 0 Å². The standard InChI is InChI=1S/C18H17F2N3O4/c1-23(18(26)27-2)13-6-4-12(5-7-13)22-16(24)10-21-17(25)14-8-3-11(19)9-15(14)20/h3-9H,10H2,1-2H3,(H,21,25)(H,22,24). The van der Waals surface area contributed by atoms with E-state index in [1.165, 1.54) is 19.1 Å². The number of halogens is 2. The number of rotatable bonds is 5. The molecule has 0 aliphatic rings. The van der Waals surface area contributed by atoms with Gasteiger partial charge in [0.2, 0.25) is 5.91 Å². The summed E-state index contributed by atoms with van der Waals surface area (Å²) in [5, 5.41) is 4.79. The zero-order chi connectivity index (χ0) is 20.0. The van der Waals surface area contributed by atoms with E-state index >= 15 is 0 Å². The minimum Gasteiger partial charge on any atom is -0.452 e. The monoisotopic (exact) mass is 377 g/mol. The van der Waals surface area contributed by atoms with Crippen LogP contribution < -0.4 is 15.5 Å². The number of nitrogens with zero attached hydrogens (tertiary/aromatic N) is 1. The highest BCUT2D eigenvalue weighted by atomic mass is 19.1. The van der Waals surface area contributed by atoms with E-state index < -0.39 is 36.1 Å². The van der Waals surface area contributed by atoms with Gasteiger partial charge in [-0.25, -0.2) is 13.6 Å². The summed E-state index contributed by atoms with van der Waals surface area (Å²) in [6.45, 7) is -0.403. The fourth-order valence-electron chi connectivity index (χ4n) is 2.15. The molecule has 0 radical (unpaired) electrons. The number of hydrogen-bond acceptors (Lipinski definition) is 4. The van der Waals surface area contributed by atoms with Crippen molar-refractivity contribution in [2.45, 2.75) is 0 Å². The van der Waals surface area contributed by atoms with Gasteiger partial charge in [-0.05, 0) is 36.4 Å². The lowest BCUT2D eigenvalue weighted by Crippen LogP contribution is -2.33. The van der Waals surface area contributed by atoms with Gasteiger partial charge in [0.05, 0.1) is 19.2 Å². The van der Waals surface area contributed by atoms with Gasteiger partial charge in [0.1, 0.15) is 11.6 Å². The normalized spacial score (nSPS) is 10.1. The average molecular weight is 377 g/mol. The van der Waals surface area contributed by atoms with Crippen molar-refractivity contribution in [1.29, 1.82) is 0 Å². The Bertz CT molecular complexity index is 856. The molecule has 0 aliphatic heterocycles. The van der Waals surface area contributed by atoms with E-state index in [1.807, 2.05) is 0 Å². The first-order valence-electron chi connectivity index (χ1n) is 7.76. The molecule has 0 atom stereocenters. The quantitative estimate of drug-likeness (QED) is 0.838. The molecule has 27 heavy (non-hydrogen) atoms. The maximum absolute atomic E-state index is 13.5. The second kappa shape index (κ2) is 8.75. The molecule has 0 spiro atoms. The largest absolute Gasteiger partial charge is 0.452 e. The Balaban J connectivity index is 1.90. The molecule has 2 aromatic carbocycles. The van der Waals surface area contributed by atoms with Crippen molar-refractivity contribution in [1.82, 2.24) is 5.32 Å². The van der Waals surface area contributed by atoms with Crippen molar-refractivity contribution in [2.75, 3.05) is 30.9 Å². The van der Waals surface area contributed by atoms with Gasteiger partial charge in [-0.15, -0.1) is 0 Å². The molecule has 2 N–H and O–H groups in total. The van der Waals surface area contributed by atoms with Crippen molar-refractivity contribution in [3.8, 4) is 0 Å². The van der Waals surface area contributed by atoms with E-state index in [2.05, 4.69) is 15.4 Å². The zero-order valence-corrected chi connectivity index (χ0v) is 14.6. The average Bonchev–Trinajstić information content (AvgIpc) is 2.65. The molecular formula is C18H17F2N3O4. The second-order valence-electron chi connectivity index (χ2n) is 5.43. The molecule has 9 heteroatoms. The zero-order valence-electron chi connectivity index (χ0n) is 14.6. The van der Waals surface area contributed by atoms with Gasteiger partial charge < -0.3 is 15.4 Å². The Hall–Kier alpha value is -3.49. The third-order valence-corrected chi connectivity index (χ3v) is 3.57. The molecule has 0 saturated carbocycles. The molecule has 2 aromatic rings. The van der Waals surface area contributed by atoms with E-state index in [9.17, 15) is 23.2 Å². The molecule has 0 bridgehead atoms. The molecule has 0 aliphatic carbocycles. The van der Waals surface area contributed by atoms with Crippen LogP contribution in [0.25, 0.3) is 0 Å². The fraction of sp³-hybridized carbons (Fsp3) is 0.167. The maximum atomic E-state index is 13.5. The first-order chi connectivity index (χ1) is 12.8. The van der Waals surface area contributed by atoms with Crippen LogP contribution in [-0.4, -0.2) is 38.6 Å². The highest BCUT2D eigenvalue weighted by Gasteiger charge is 2.14. The number of anilines is 2. The molecular weight excluding hydrogens is 360 g/mol. The Labute approximate surface area is 153 Å². The number of hydrogen-bond donors (Lipinski definition) is 2. The van der Waals surface area contributed by atoms with Crippen LogP contribution in [-0.2, 0) is 9.53 Å². The van der Waals surface area contributed by atoms with Gasteiger partial charge in [0.25, 0.3) is 5.91 Å². The highest BCUT2D eigenvalue weighted by Crippen LogP contribution is 2.17. The van der Waals surface area contributed by atoms with Crippen LogP contribution in [0.4, 0.5) is 25.0 Å². The van der Waals surface area contributed by atoms with E-state index in [-0.39, 0.29) is 5.56 Å².